The van der Waals surface area contributed by atoms with E-state index in [2.05, 4.69) is 0 Å². The normalized spacial score (nSPS) is 13.8. The van der Waals surface area contributed by atoms with Crippen LogP contribution in [-0.4, -0.2) is 23.8 Å². The first kappa shape index (κ1) is 19.3. The van der Waals surface area contributed by atoms with Crippen molar-refractivity contribution < 1.29 is 19.2 Å². The molecule has 0 amide bonds. The van der Waals surface area contributed by atoms with Gasteiger partial charge in [0.25, 0.3) is 5.70 Å². The Morgan fingerprint density at radius 3 is 2.46 bits per heavy atom. The van der Waals surface area contributed by atoms with E-state index in [1.165, 1.54) is 0 Å². The monoisotopic (exact) mass is 355 g/mol. The summed E-state index contributed by atoms with van der Waals surface area (Å²) in [6.45, 7) is 3.53. The van der Waals surface area contributed by atoms with Gasteiger partial charge in [-0.05, 0) is 29.7 Å². The molecule has 0 heterocycles. The van der Waals surface area contributed by atoms with Gasteiger partial charge in [0, 0.05) is 5.92 Å². The molecule has 6 nitrogen and oxygen atoms in total. The van der Waals surface area contributed by atoms with Crippen LogP contribution in [0.4, 0.5) is 0 Å². The molecule has 2 atom stereocenters. The topological polar surface area (TPSA) is 86.5 Å². The van der Waals surface area contributed by atoms with Crippen molar-refractivity contribution >= 4 is 23.0 Å². The minimum Gasteiger partial charge on any atom is -0.463 e. The third-order valence-corrected chi connectivity index (χ3v) is 4.29. The molecule has 0 bridgehead atoms. The number of hydrogen-bond donors (Lipinski definition) is 0. The lowest BCUT2D eigenvalue weighted by Crippen LogP contribution is -2.22. The largest absolute Gasteiger partial charge is 0.463 e. The SMILES string of the molecule is CCOC(=O)/C=C(/[C@H](c1ccc2ccccc2c1)[C@H](C=O)CC)[N+](=O)[O-]. The second-order valence-corrected chi connectivity index (χ2v) is 5.87. The van der Waals surface area contributed by atoms with Gasteiger partial charge in [-0.2, -0.15) is 0 Å². The zero-order chi connectivity index (χ0) is 19.1. The van der Waals surface area contributed by atoms with Crippen molar-refractivity contribution in [2.24, 2.45) is 5.92 Å². The Morgan fingerprint density at radius 1 is 1.19 bits per heavy atom. The van der Waals surface area contributed by atoms with Crippen LogP contribution in [0, 0.1) is 16.0 Å². The minimum atomic E-state index is -0.832. The number of aldehydes is 1. The van der Waals surface area contributed by atoms with Crippen LogP contribution >= 0.6 is 0 Å². The van der Waals surface area contributed by atoms with Crippen molar-refractivity contribution in [1.29, 1.82) is 0 Å². The molecule has 0 aliphatic heterocycles. The van der Waals surface area contributed by atoms with Crippen LogP contribution < -0.4 is 0 Å². The third kappa shape index (κ3) is 4.33. The van der Waals surface area contributed by atoms with Crippen molar-refractivity contribution in [2.45, 2.75) is 26.2 Å². The maximum atomic E-state index is 11.8. The number of nitrogens with zero attached hydrogens (tertiary/aromatic N) is 1. The first-order chi connectivity index (χ1) is 12.5. The number of allylic oxidation sites excluding steroid dienone is 1. The molecule has 0 aliphatic carbocycles. The first-order valence-electron chi connectivity index (χ1n) is 8.48. The van der Waals surface area contributed by atoms with Gasteiger partial charge in [0.2, 0.25) is 0 Å². The molecule has 6 heteroatoms. The van der Waals surface area contributed by atoms with Crippen LogP contribution in [0.15, 0.2) is 54.2 Å². The molecule has 0 saturated heterocycles. The highest BCUT2D eigenvalue weighted by Gasteiger charge is 2.34. The van der Waals surface area contributed by atoms with E-state index in [-0.39, 0.29) is 12.3 Å². The number of esters is 1. The van der Waals surface area contributed by atoms with Gasteiger partial charge in [-0.25, -0.2) is 4.79 Å². The minimum absolute atomic E-state index is 0.117. The predicted octanol–water partition coefficient (Wildman–Crippen LogP) is 3.87. The lowest BCUT2D eigenvalue weighted by Gasteiger charge is -2.20. The van der Waals surface area contributed by atoms with E-state index in [9.17, 15) is 19.7 Å². The van der Waals surface area contributed by atoms with E-state index in [4.69, 9.17) is 4.74 Å². The van der Waals surface area contributed by atoms with Gasteiger partial charge in [0.15, 0.2) is 0 Å². The number of carbonyl (C=O) groups excluding carboxylic acids is 2. The molecule has 2 rings (SSSR count). The molecule has 0 aliphatic rings. The van der Waals surface area contributed by atoms with Gasteiger partial charge in [0.05, 0.1) is 23.5 Å². The van der Waals surface area contributed by atoms with Gasteiger partial charge in [-0.1, -0.05) is 49.4 Å². The van der Waals surface area contributed by atoms with Crippen LogP contribution in [0.3, 0.4) is 0 Å². The summed E-state index contributed by atoms with van der Waals surface area (Å²) < 4.78 is 4.82. The summed E-state index contributed by atoms with van der Waals surface area (Å²) in [6, 6.07) is 13.1. The third-order valence-electron chi connectivity index (χ3n) is 4.29. The number of nitro groups is 1. The average Bonchev–Trinajstić information content (AvgIpc) is 2.64. The van der Waals surface area contributed by atoms with E-state index in [0.717, 1.165) is 16.8 Å². The number of rotatable bonds is 8. The fourth-order valence-corrected chi connectivity index (χ4v) is 3.01. The maximum absolute atomic E-state index is 11.8. The van der Waals surface area contributed by atoms with E-state index < -0.39 is 22.7 Å². The molecule has 0 spiro atoms. The molecular weight excluding hydrogens is 334 g/mol. The molecular formula is C20H21NO5. The second kappa shape index (κ2) is 8.89. The van der Waals surface area contributed by atoms with E-state index >= 15 is 0 Å². The summed E-state index contributed by atoms with van der Waals surface area (Å²) in [6.07, 6.45) is 2.01. The van der Waals surface area contributed by atoms with Gasteiger partial charge >= 0.3 is 5.97 Å². The Labute approximate surface area is 151 Å². The fraction of sp³-hybridized carbons (Fsp3) is 0.300. The molecule has 0 saturated carbocycles. The number of fused-ring (bicyclic) bond motifs is 1. The summed E-state index contributed by atoms with van der Waals surface area (Å²) in [5.74, 6) is -2.24. The van der Waals surface area contributed by atoms with Crippen molar-refractivity contribution in [3.63, 3.8) is 0 Å². The molecule has 26 heavy (non-hydrogen) atoms. The lowest BCUT2D eigenvalue weighted by molar-refractivity contribution is -0.431. The highest BCUT2D eigenvalue weighted by atomic mass is 16.6. The second-order valence-electron chi connectivity index (χ2n) is 5.87. The van der Waals surface area contributed by atoms with E-state index in [1.54, 1.807) is 19.9 Å². The summed E-state index contributed by atoms with van der Waals surface area (Å²) in [7, 11) is 0. The van der Waals surface area contributed by atoms with Crippen LogP contribution in [0.2, 0.25) is 0 Å². The first-order valence-corrected chi connectivity index (χ1v) is 8.48. The molecule has 0 radical (unpaired) electrons. The van der Waals surface area contributed by atoms with Crippen LogP contribution in [0.25, 0.3) is 10.8 Å². The zero-order valence-corrected chi connectivity index (χ0v) is 14.8. The Hall–Kier alpha value is -3.02. The fourth-order valence-electron chi connectivity index (χ4n) is 3.01. The van der Waals surface area contributed by atoms with E-state index in [0.29, 0.717) is 18.3 Å². The van der Waals surface area contributed by atoms with E-state index in [1.807, 2.05) is 36.4 Å². The summed E-state index contributed by atoms with van der Waals surface area (Å²) in [5, 5.41) is 13.6. The summed E-state index contributed by atoms with van der Waals surface area (Å²) in [4.78, 5) is 34.5. The van der Waals surface area contributed by atoms with Crippen LogP contribution in [0.1, 0.15) is 31.7 Å². The highest BCUT2D eigenvalue weighted by molar-refractivity contribution is 5.84. The van der Waals surface area contributed by atoms with Crippen molar-refractivity contribution in [3.8, 4) is 0 Å². The van der Waals surface area contributed by atoms with Gasteiger partial charge in [-0.3, -0.25) is 10.1 Å². The Morgan fingerprint density at radius 2 is 1.88 bits per heavy atom. The number of ether oxygens (including phenoxy) is 1. The average molecular weight is 355 g/mol. The lowest BCUT2D eigenvalue weighted by atomic mass is 9.82. The standard InChI is InChI=1S/C20H21NO5/c1-3-14(13-22)20(18(21(24)25)12-19(23)26-4-2)17-10-9-15-7-5-6-8-16(15)11-17/h5-14,20H,3-4H2,1-2H3/b18-12-/t14-,20-/m0/s1. The smallest absolute Gasteiger partial charge is 0.337 e. The molecule has 2 aromatic rings. The van der Waals surface area contributed by atoms with Gasteiger partial charge < -0.3 is 9.53 Å². The molecule has 136 valence electrons. The molecule has 0 aromatic heterocycles. The van der Waals surface area contributed by atoms with Gasteiger partial charge in [-0.15, -0.1) is 0 Å². The van der Waals surface area contributed by atoms with Crippen LogP contribution in [0.5, 0.6) is 0 Å². The summed E-state index contributed by atoms with van der Waals surface area (Å²) >= 11 is 0. The predicted molar refractivity (Wildman–Crippen MR) is 98.2 cm³/mol. The Balaban J connectivity index is 2.61. The van der Waals surface area contributed by atoms with Crippen molar-refractivity contribution in [2.75, 3.05) is 6.61 Å². The number of carbonyl (C=O) groups is 2. The van der Waals surface area contributed by atoms with Crippen molar-refractivity contribution in [3.05, 3.63) is 69.9 Å². The molecule has 0 fully saturated rings. The zero-order valence-electron chi connectivity index (χ0n) is 14.8. The van der Waals surface area contributed by atoms with Crippen molar-refractivity contribution in [1.82, 2.24) is 0 Å². The number of benzene rings is 2. The Kier molecular flexibility index (Phi) is 6.60. The van der Waals surface area contributed by atoms with Crippen LogP contribution in [-0.2, 0) is 14.3 Å². The highest BCUT2D eigenvalue weighted by Crippen LogP contribution is 2.35. The quantitative estimate of drug-likeness (QED) is 0.236. The maximum Gasteiger partial charge on any atom is 0.337 e. The summed E-state index contributed by atoms with van der Waals surface area (Å²) in [5.41, 5.74) is 0.285. The molecule has 0 unspecified atom stereocenters. The number of hydrogen-bond acceptors (Lipinski definition) is 5. The molecule has 2 aromatic carbocycles. The van der Waals surface area contributed by atoms with Gasteiger partial charge in [0.1, 0.15) is 6.29 Å². The molecule has 0 N–H and O–H groups in total. The Bertz CT molecular complexity index is 843.